The fourth-order valence-corrected chi connectivity index (χ4v) is 1.96. The first-order chi connectivity index (χ1) is 8.46. The minimum atomic E-state index is -0.401. The number of para-hydroxylation sites is 1. The normalized spacial score (nSPS) is 11.4. The lowest BCUT2D eigenvalue weighted by Gasteiger charge is -2.25. The van der Waals surface area contributed by atoms with E-state index in [2.05, 4.69) is 10.3 Å². The van der Waals surface area contributed by atoms with Crippen LogP contribution in [0.2, 0.25) is 0 Å². The highest BCUT2D eigenvalue weighted by Gasteiger charge is 2.20. The second-order valence-electron chi connectivity index (χ2n) is 5.04. The molecule has 4 nitrogen and oxygen atoms in total. The lowest BCUT2D eigenvalue weighted by molar-refractivity contribution is -0.118. The smallest absolute Gasteiger partial charge is 0.219 e. The summed E-state index contributed by atoms with van der Waals surface area (Å²) in [4.78, 5) is 15.5. The Morgan fingerprint density at radius 3 is 2.72 bits per heavy atom. The molecule has 0 aliphatic carbocycles. The van der Waals surface area contributed by atoms with Gasteiger partial charge in [-0.3, -0.25) is 4.79 Å². The summed E-state index contributed by atoms with van der Waals surface area (Å²) in [6, 6.07) is 11.8. The quantitative estimate of drug-likeness (QED) is 0.865. The predicted molar refractivity (Wildman–Crippen MR) is 73.3 cm³/mol. The van der Waals surface area contributed by atoms with Crippen LogP contribution < -0.4 is 11.1 Å². The van der Waals surface area contributed by atoms with Gasteiger partial charge in [-0.1, -0.05) is 18.2 Å². The van der Waals surface area contributed by atoms with Crippen LogP contribution in [0.15, 0.2) is 36.4 Å². The number of anilines is 1. The van der Waals surface area contributed by atoms with Crippen LogP contribution in [-0.4, -0.2) is 16.4 Å². The van der Waals surface area contributed by atoms with Crippen LogP contribution in [-0.2, 0) is 4.79 Å². The number of aromatic nitrogens is 1. The molecule has 0 radical (unpaired) electrons. The zero-order valence-electron chi connectivity index (χ0n) is 10.6. The zero-order valence-corrected chi connectivity index (χ0v) is 10.6. The van der Waals surface area contributed by atoms with Gasteiger partial charge in [0.2, 0.25) is 5.91 Å². The van der Waals surface area contributed by atoms with Crippen LogP contribution in [0.4, 0.5) is 5.82 Å². The Morgan fingerprint density at radius 1 is 1.28 bits per heavy atom. The molecule has 0 saturated heterocycles. The van der Waals surface area contributed by atoms with E-state index in [1.807, 2.05) is 50.2 Å². The van der Waals surface area contributed by atoms with Crippen molar-refractivity contribution in [2.24, 2.45) is 5.73 Å². The summed E-state index contributed by atoms with van der Waals surface area (Å²) in [7, 11) is 0. The van der Waals surface area contributed by atoms with E-state index in [9.17, 15) is 4.79 Å². The topological polar surface area (TPSA) is 68.0 Å². The van der Waals surface area contributed by atoms with Crippen LogP contribution >= 0.6 is 0 Å². The van der Waals surface area contributed by atoms with E-state index in [-0.39, 0.29) is 12.3 Å². The van der Waals surface area contributed by atoms with Crippen molar-refractivity contribution in [3.8, 4) is 0 Å². The molecule has 18 heavy (non-hydrogen) atoms. The molecule has 0 saturated carbocycles. The van der Waals surface area contributed by atoms with Crippen molar-refractivity contribution < 1.29 is 4.79 Å². The third kappa shape index (κ3) is 2.97. The van der Waals surface area contributed by atoms with Crippen molar-refractivity contribution in [1.82, 2.24) is 4.98 Å². The summed E-state index contributed by atoms with van der Waals surface area (Å²) in [5, 5.41) is 4.32. The van der Waals surface area contributed by atoms with Crippen molar-refractivity contribution >= 4 is 22.6 Å². The molecule has 0 atom stereocenters. The molecule has 0 unspecified atom stereocenters. The summed E-state index contributed by atoms with van der Waals surface area (Å²) in [5.41, 5.74) is 5.75. The Kier molecular flexibility index (Phi) is 3.19. The van der Waals surface area contributed by atoms with Gasteiger partial charge >= 0.3 is 0 Å². The molecule has 1 heterocycles. The fraction of sp³-hybridized carbons (Fsp3) is 0.286. The molecule has 2 rings (SSSR count). The van der Waals surface area contributed by atoms with Gasteiger partial charge in [-0.2, -0.15) is 0 Å². The molecule has 0 fully saturated rings. The van der Waals surface area contributed by atoms with E-state index >= 15 is 0 Å². The summed E-state index contributed by atoms with van der Waals surface area (Å²) in [5.74, 6) is 0.424. The number of fused-ring (bicyclic) bond motifs is 1. The van der Waals surface area contributed by atoms with Crippen LogP contribution in [0.5, 0.6) is 0 Å². The summed E-state index contributed by atoms with van der Waals surface area (Å²) >= 11 is 0. The minimum Gasteiger partial charge on any atom is -0.370 e. The number of amides is 1. The van der Waals surface area contributed by atoms with E-state index in [1.54, 1.807) is 0 Å². The Bertz CT molecular complexity index is 578. The van der Waals surface area contributed by atoms with Gasteiger partial charge < -0.3 is 11.1 Å². The molecule has 1 aromatic carbocycles. The molecular weight excluding hydrogens is 226 g/mol. The van der Waals surface area contributed by atoms with Gasteiger partial charge in [-0.05, 0) is 32.0 Å². The number of nitrogens with zero attached hydrogens (tertiary/aromatic N) is 1. The first-order valence-electron chi connectivity index (χ1n) is 5.89. The van der Waals surface area contributed by atoms with Gasteiger partial charge in [0, 0.05) is 17.3 Å². The second kappa shape index (κ2) is 4.64. The van der Waals surface area contributed by atoms with E-state index < -0.39 is 5.54 Å². The van der Waals surface area contributed by atoms with E-state index in [0.717, 1.165) is 16.7 Å². The molecule has 4 heteroatoms. The summed E-state index contributed by atoms with van der Waals surface area (Å²) in [6.07, 6.45) is 0.265. The molecule has 0 bridgehead atoms. The maximum Gasteiger partial charge on any atom is 0.219 e. The van der Waals surface area contributed by atoms with Crippen LogP contribution in [0.3, 0.4) is 0 Å². The molecule has 0 aliphatic heterocycles. The Balaban J connectivity index is 2.24. The maximum absolute atomic E-state index is 11.0. The van der Waals surface area contributed by atoms with Gasteiger partial charge in [0.15, 0.2) is 0 Å². The number of pyridine rings is 1. The monoisotopic (exact) mass is 243 g/mol. The van der Waals surface area contributed by atoms with Gasteiger partial charge in [0.05, 0.1) is 5.52 Å². The number of benzene rings is 1. The van der Waals surface area contributed by atoms with E-state index in [0.29, 0.717) is 0 Å². The molecule has 1 aromatic heterocycles. The SMILES string of the molecule is CC(C)(CC(N)=O)Nc1ccc2ccccc2n1. The number of hydrogen-bond donors (Lipinski definition) is 2. The van der Waals surface area contributed by atoms with Crippen molar-refractivity contribution in [3.05, 3.63) is 36.4 Å². The molecular formula is C14H17N3O. The number of nitrogens with two attached hydrogens (primary N) is 1. The number of primary amides is 1. The predicted octanol–water partition coefficient (Wildman–Crippen LogP) is 2.30. The third-order valence-corrected chi connectivity index (χ3v) is 2.68. The average Bonchev–Trinajstić information content (AvgIpc) is 2.26. The first kappa shape index (κ1) is 12.4. The number of rotatable bonds is 4. The van der Waals surface area contributed by atoms with Crippen molar-refractivity contribution in [3.63, 3.8) is 0 Å². The van der Waals surface area contributed by atoms with Crippen molar-refractivity contribution in [1.29, 1.82) is 0 Å². The second-order valence-corrected chi connectivity index (χ2v) is 5.04. The first-order valence-corrected chi connectivity index (χ1v) is 5.89. The Labute approximate surface area is 106 Å². The van der Waals surface area contributed by atoms with Crippen LogP contribution in [0.1, 0.15) is 20.3 Å². The molecule has 1 amide bonds. The lowest BCUT2D eigenvalue weighted by atomic mass is 10.0. The lowest BCUT2D eigenvalue weighted by Crippen LogP contribution is -2.36. The van der Waals surface area contributed by atoms with Crippen LogP contribution in [0.25, 0.3) is 10.9 Å². The molecule has 0 aliphatic rings. The number of carbonyl (C=O) groups is 1. The number of hydrogen-bond acceptors (Lipinski definition) is 3. The fourth-order valence-electron chi connectivity index (χ4n) is 1.96. The third-order valence-electron chi connectivity index (χ3n) is 2.68. The van der Waals surface area contributed by atoms with Crippen LogP contribution in [0, 0.1) is 0 Å². The zero-order chi connectivity index (χ0) is 13.2. The van der Waals surface area contributed by atoms with Gasteiger partial charge in [0.25, 0.3) is 0 Å². The highest BCUT2D eigenvalue weighted by molar-refractivity contribution is 5.80. The minimum absolute atomic E-state index is 0.265. The van der Waals surface area contributed by atoms with Gasteiger partial charge in [-0.15, -0.1) is 0 Å². The molecule has 3 N–H and O–H groups in total. The standard InChI is InChI=1S/C14H17N3O/c1-14(2,9-12(15)18)17-13-8-7-10-5-3-4-6-11(10)16-13/h3-8H,9H2,1-2H3,(H2,15,18)(H,16,17). The van der Waals surface area contributed by atoms with Crippen molar-refractivity contribution in [2.45, 2.75) is 25.8 Å². The molecule has 94 valence electrons. The largest absolute Gasteiger partial charge is 0.370 e. The van der Waals surface area contributed by atoms with E-state index in [1.165, 1.54) is 0 Å². The Hall–Kier alpha value is -2.10. The maximum atomic E-state index is 11.0. The van der Waals surface area contributed by atoms with Gasteiger partial charge in [-0.25, -0.2) is 4.98 Å². The number of carbonyl (C=O) groups excluding carboxylic acids is 1. The highest BCUT2D eigenvalue weighted by atomic mass is 16.1. The van der Waals surface area contributed by atoms with Crippen molar-refractivity contribution in [2.75, 3.05) is 5.32 Å². The summed E-state index contributed by atoms with van der Waals surface area (Å²) in [6.45, 7) is 3.85. The van der Waals surface area contributed by atoms with Gasteiger partial charge in [0.1, 0.15) is 5.82 Å². The molecule has 0 spiro atoms. The average molecular weight is 243 g/mol. The Morgan fingerprint density at radius 2 is 2.00 bits per heavy atom. The number of nitrogens with one attached hydrogen (secondary N) is 1. The molecule has 2 aromatic rings. The summed E-state index contributed by atoms with van der Waals surface area (Å²) < 4.78 is 0. The van der Waals surface area contributed by atoms with E-state index in [4.69, 9.17) is 5.73 Å². The highest BCUT2D eigenvalue weighted by Crippen LogP contribution is 2.19.